The molecule has 0 aliphatic heterocycles. The number of nitrogens with one attached hydrogen (secondary N) is 1. The number of fused-ring (bicyclic) bond motifs is 1. The molecule has 1 amide bonds. The van der Waals surface area contributed by atoms with Gasteiger partial charge >= 0.3 is 6.09 Å². The average molecular weight is 311 g/mol. The molecule has 0 bridgehead atoms. The Morgan fingerprint density at radius 3 is 2.95 bits per heavy atom. The van der Waals surface area contributed by atoms with Crippen molar-refractivity contribution in [1.82, 2.24) is 10.3 Å². The average Bonchev–Trinajstić information content (AvgIpc) is 3.04. The third-order valence-electron chi connectivity index (χ3n) is 4.01. The van der Waals surface area contributed by atoms with Crippen molar-refractivity contribution in [2.24, 2.45) is 5.92 Å². The van der Waals surface area contributed by atoms with Crippen molar-refractivity contribution in [2.45, 2.75) is 31.2 Å². The Labute approximate surface area is 126 Å². The third kappa shape index (κ3) is 2.95. The molecule has 1 unspecified atom stereocenters. The molecule has 0 radical (unpaired) electrons. The first-order valence-electron chi connectivity index (χ1n) is 6.79. The number of rotatable bonds is 5. The topological polar surface area (TPSA) is 88.5 Å². The van der Waals surface area contributed by atoms with Gasteiger partial charge in [-0.1, -0.05) is 11.6 Å². The van der Waals surface area contributed by atoms with Crippen LogP contribution in [0.1, 0.15) is 24.0 Å². The molecule has 21 heavy (non-hydrogen) atoms. The van der Waals surface area contributed by atoms with Gasteiger partial charge in [0, 0.05) is 12.0 Å². The van der Waals surface area contributed by atoms with E-state index in [2.05, 4.69) is 10.3 Å². The zero-order valence-corrected chi connectivity index (χ0v) is 12.0. The van der Waals surface area contributed by atoms with Gasteiger partial charge in [0.1, 0.15) is 18.0 Å². The van der Waals surface area contributed by atoms with Crippen molar-refractivity contribution in [3.63, 3.8) is 0 Å². The standard InChI is InChI=1S/C14H15ClN2O4/c15-12-10-4-8(6-18)3-9(10)5-11(16-12)21-7-14(1-2-14)17-13(19)20/h5-6,8,17H,1-4,7H2,(H,19,20). The number of pyridine rings is 1. The lowest BCUT2D eigenvalue weighted by Crippen LogP contribution is -2.40. The van der Waals surface area contributed by atoms with Crippen molar-refractivity contribution < 1.29 is 19.4 Å². The second kappa shape index (κ2) is 5.18. The van der Waals surface area contributed by atoms with E-state index in [4.69, 9.17) is 21.4 Å². The first-order chi connectivity index (χ1) is 10.0. The molecular formula is C14H15ClN2O4. The smallest absolute Gasteiger partial charge is 0.405 e. The molecule has 1 heterocycles. The minimum absolute atomic E-state index is 0.0435. The monoisotopic (exact) mass is 310 g/mol. The summed E-state index contributed by atoms with van der Waals surface area (Å²) < 4.78 is 5.60. The molecule has 7 heteroatoms. The lowest BCUT2D eigenvalue weighted by Gasteiger charge is -2.16. The predicted octanol–water partition coefficient (Wildman–Crippen LogP) is 1.83. The molecule has 1 saturated carbocycles. The second-order valence-electron chi connectivity index (χ2n) is 5.69. The second-order valence-corrected chi connectivity index (χ2v) is 6.05. The van der Waals surface area contributed by atoms with E-state index >= 15 is 0 Å². The van der Waals surface area contributed by atoms with Gasteiger partial charge in [-0.05, 0) is 36.8 Å². The van der Waals surface area contributed by atoms with Crippen LogP contribution in [0.5, 0.6) is 5.88 Å². The molecule has 3 rings (SSSR count). The maximum atomic E-state index is 10.9. The summed E-state index contributed by atoms with van der Waals surface area (Å²) >= 11 is 6.13. The maximum absolute atomic E-state index is 10.9. The molecule has 1 fully saturated rings. The number of hydrogen-bond acceptors (Lipinski definition) is 4. The minimum atomic E-state index is -1.05. The van der Waals surface area contributed by atoms with Crippen LogP contribution >= 0.6 is 11.6 Å². The van der Waals surface area contributed by atoms with Crippen molar-refractivity contribution in [2.75, 3.05) is 6.61 Å². The van der Waals surface area contributed by atoms with Crippen LogP contribution in [0.2, 0.25) is 5.15 Å². The fourth-order valence-corrected chi connectivity index (χ4v) is 2.93. The van der Waals surface area contributed by atoms with Gasteiger partial charge < -0.3 is 20.0 Å². The van der Waals surface area contributed by atoms with Crippen LogP contribution in [0.15, 0.2) is 6.07 Å². The highest BCUT2D eigenvalue weighted by Crippen LogP contribution is 2.37. The van der Waals surface area contributed by atoms with Gasteiger partial charge in [0.2, 0.25) is 5.88 Å². The SMILES string of the molecule is O=CC1Cc2cc(OCC3(NC(=O)O)CC3)nc(Cl)c2C1. The number of carbonyl (C=O) groups excluding carboxylic acids is 1. The van der Waals surface area contributed by atoms with E-state index in [1.54, 1.807) is 6.07 Å². The van der Waals surface area contributed by atoms with E-state index in [0.717, 1.165) is 30.3 Å². The molecular weight excluding hydrogens is 296 g/mol. The molecule has 0 spiro atoms. The first kappa shape index (κ1) is 14.1. The number of aldehydes is 1. The molecule has 0 saturated heterocycles. The van der Waals surface area contributed by atoms with Crippen LogP contribution in [0.4, 0.5) is 4.79 Å². The van der Waals surface area contributed by atoms with Gasteiger partial charge in [0.25, 0.3) is 0 Å². The van der Waals surface area contributed by atoms with Crippen molar-refractivity contribution in [1.29, 1.82) is 0 Å². The molecule has 6 nitrogen and oxygen atoms in total. The number of amides is 1. The number of hydrogen-bond donors (Lipinski definition) is 2. The van der Waals surface area contributed by atoms with Crippen molar-refractivity contribution in [3.05, 3.63) is 22.3 Å². The normalized spacial score (nSPS) is 21.5. The van der Waals surface area contributed by atoms with E-state index in [1.165, 1.54) is 0 Å². The summed E-state index contributed by atoms with van der Waals surface area (Å²) in [6.45, 7) is 0.235. The Bertz CT molecular complexity index is 601. The number of carbonyl (C=O) groups is 2. The van der Waals surface area contributed by atoms with E-state index in [0.29, 0.717) is 23.9 Å². The quantitative estimate of drug-likeness (QED) is 0.640. The van der Waals surface area contributed by atoms with E-state index in [1.807, 2.05) is 0 Å². The van der Waals surface area contributed by atoms with Gasteiger partial charge in [0.15, 0.2) is 0 Å². The maximum Gasteiger partial charge on any atom is 0.405 e. The zero-order valence-electron chi connectivity index (χ0n) is 11.3. The summed E-state index contributed by atoms with van der Waals surface area (Å²) in [5.41, 5.74) is 1.40. The van der Waals surface area contributed by atoms with Crippen LogP contribution in [0.25, 0.3) is 0 Å². The Balaban J connectivity index is 1.69. The van der Waals surface area contributed by atoms with E-state index < -0.39 is 11.6 Å². The fraction of sp³-hybridized carbons (Fsp3) is 0.500. The summed E-state index contributed by atoms with van der Waals surface area (Å²) in [5, 5.41) is 11.6. The lowest BCUT2D eigenvalue weighted by atomic mass is 10.1. The number of carboxylic acid groups (broad SMARTS) is 1. The van der Waals surface area contributed by atoms with Crippen LogP contribution in [-0.4, -0.2) is 34.6 Å². The van der Waals surface area contributed by atoms with Crippen LogP contribution in [0, 0.1) is 5.92 Å². The molecule has 1 aromatic heterocycles. The van der Waals surface area contributed by atoms with Crippen LogP contribution in [0.3, 0.4) is 0 Å². The Hall–Kier alpha value is -1.82. The summed E-state index contributed by atoms with van der Waals surface area (Å²) in [7, 11) is 0. The largest absolute Gasteiger partial charge is 0.475 e. The molecule has 2 N–H and O–H groups in total. The number of nitrogens with zero attached hydrogens (tertiary/aromatic N) is 1. The van der Waals surface area contributed by atoms with Gasteiger partial charge in [-0.25, -0.2) is 9.78 Å². The fourth-order valence-electron chi connectivity index (χ4n) is 2.64. The number of aromatic nitrogens is 1. The third-order valence-corrected chi connectivity index (χ3v) is 4.32. The highest BCUT2D eigenvalue weighted by Gasteiger charge is 2.45. The summed E-state index contributed by atoms with van der Waals surface area (Å²) in [6, 6.07) is 1.79. The minimum Gasteiger partial charge on any atom is -0.475 e. The van der Waals surface area contributed by atoms with Crippen LogP contribution in [-0.2, 0) is 17.6 Å². The van der Waals surface area contributed by atoms with Crippen LogP contribution < -0.4 is 10.1 Å². The molecule has 2 aliphatic rings. The van der Waals surface area contributed by atoms with Gasteiger partial charge in [-0.3, -0.25) is 0 Å². The summed E-state index contributed by atoms with van der Waals surface area (Å²) in [5.74, 6) is 0.335. The van der Waals surface area contributed by atoms with Gasteiger partial charge in [-0.2, -0.15) is 0 Å². The highest BCUT2D eigenvalue weighted by molar-refractivity contribution is 6.30. The van der Waals surface area contributed by atoms with Crippen molar-refractivity contribution in [3.8, 4) is 5.88 Å². The van der Waals surface area contributed by atoms with Gasteiger partial charge in [0.05, 0.1) is 5.54 Å². The lowest BCUT2D eigenvalue weighted by molar-refractivity contribution is -0.110. The van der Waals surface area contributed by atoms with Gasteiger partial charge in [-0.15, -0.1) is 0 Å². The molecule has 2 aliphatic carbocycles. The Morgan fingerprint density at radius 2 is 2.33 bits per heavy atom. The summed E-state index contributed by atoms with van der Waals surface area (Å²) in [6.07, 6.45) is 2.67. The number of halogens is 1. The molecule has 0 aromatic carbocycles. The Morgan fingerprint density at radius 1 is 1.57 bits per heavy atom. The number of ether oxygens (including phenoxy) is 1. The highest BCUT2D eigenvalue weighted by atomic mass is 35.5. The molecule has 1 aromatic rings. The first-order valence-corrected chi connectivity index (χ1v) is 7.17. The molecule has 1 atom stereocenters. The Kier molecular flexibility index (Phi) is 3.49. The van der Waals surface area contributed by atoms with Crippen molar-refractivity contribution >= 4 is 24.0 Å². The molecule has 112 valence electrons. The van der Waals surface area contributed by atoms with E-state index in [9.17, 15) is 9.59 Å². The van der Waals surface area contributed by atoms with E-state index in [-0.39, 0.29) is 12.5 Å². The summed E-state index contributed by atoms with van der Waals surface area (Å²) in [4.78, 5) is 25.8. The zero-order chi connectivity index (χ0) is 15.0. The predicted molar refractivity (Wildman–Crippen MR) is 74.8 cm³/mol.